The minimum Gasteiger partial charge on any atom is -0.481 e. The SMILES string of the molecule is O=C(O)CCN1C(=O)/C(=C/c2ccc(N3N=C(c4ccccc4)CC3c3ccccc3)cc2)SC1=S. The molecule has 6 nitrogen and oxygen atoms in total. The molecule has 0 spiro atoms. The summed E-state index contributed by atoms with van der Waals surface area (Å²) >= 11 is 6.48. The Bertz CT molecular complexity index is 1360. The highest BCUT2D eigenvalue weighted by atomic mass is 32.2. The molecule has 0 aromatic heterocycles. The maximum atomic E-state index is 12.7. The molecule has 1 unspecified atom stereocenters. The van der Waals surface area contributed by atoms with Crippen LogP contribution in [0, 0.1) is 0 Å². The molecule has 180 valence electrons. The predicted octanol–water partition coefficient (Wildman–Crippen LogP) is 5.72. The molecule has 2 aliphatic heterocycles. The van der Waals surface area contributed by atoms with Gasteiger partial charge in [0.15, 0.2) is 0 Å². The van der Waals surface area contributed by atoms with E-state index in [1.54, 1.807) is 6.08 Å². The van der Waals surface area contributed by atoms with E-state index >= 15 is 0 Å². The van der Waals surface area contributed by atoms with Crippen LogP contribution < -0.4 is 5.01 Å². The average molecular weight is 514 g/mol. The molecule has 1 N–H and O–H groups in total. The van der Waals surface area contributed by atoms with Crippen molar-refractivity contribution < 1.29 is 14.7 Å². The van der Waals surface area contributed by atoms with Gasteiger partial charge in [0, 0.05) is 13.0 Å². The Morgan fingerprint density at radius 1 is 1.03 bits per heavy atom. The van der Waals surface area contributed by atoms with Crippen LogP contribution in [0.5, 0.6) is 0 Å². The van der Waals surface area contributed by atoms with Crippen molar-refractivity contribution in [2.75, 3.05) is 11.6 Å². The molecule has 1 fully saturated rings. The predicted molar refractivity (Wildman–Crippen MR) is 148 cm³/mol. The lowest BCUT2D eigenvalue weighted by Crippen LogP contribution is -2.30. The normalized spacial score (nSPS) is 18.7. The number of carboxylic acids is 1. The van der Waals surface area contributed by atoms with Gasteiger partial charge in [0.2, 0.25) is 0 Å². The first-order valence-corrected chi connectivity index (χ1v) is 12.8. The van der Waals surface area contributed by atoms with Crippen LogP contribution in [-0.4, -0.2) is 38.5 Å². The van der Waals surface area contributed by atoms with Crippen molar-refractivity contribution in [3.8, 4) is 0 Å². The molecule has 0 radical (unpaired) electrons. The van der Waals surface area contributed by atoms with Crippen LogP contribution in [-0.2, 0) is 9.59 Å². The fourth-order valence-corrected chi connectivity index (χ4v) is 5.57. The zero-order valence-corrected chi connectivity index (χ0v) is 20.9. The molecule has 1 amide bonds. The summed E-state index contributed by atoms with van der Waals surface area (Å²) in [6.07, 6.45) is 2.45. The van der Waals surface area contributed by atoms with E-state index in [2.05, 4.69) is 29.3 Å². The zero-order valence-electron chi connectivity index (χ0n) is 19.3. The number of aliphatic carboxylic acids is 1. The molecule has 1 atom stereocenters. The summed E-state index contributed by atoms with van der Waals surface area (Å²) in [6, 6.07) is 28.6. The number of thioether (sulfide) groups is 1. The van der Waals surface area contributed by atoms with Gasteiger partial charge in [0.1, 0.15) is 4.32 Å². The Kier molecular flexibility index (Phi) is 6.97. The fraction of sp³-hybridized carbons (Fsp3) is 0.143. The summed E-state index contributed by atoms with van der Waals surface area (Å²) in [5.74, 6) is -1.21. The van der Waals surface area contributed by atoms with Crippen LogP contribution in [0.2, 0.25) is 0 Å². The number of nitrogens with zero attached hydrogens (tertiary/aromatic N) is 3. The van der Waals surface area contributed by atoms with Gasteiger partial charge in [-0.25, -0.2) is 0 Å². The molecule has 5 rings (SSSR count). The third-order valence-electron chi connectivity index (χ3n) is 6.08. The van der Waals surface area contributed by atoms with Gasteiger partial charge in [0.05, 0.1) is 28.8 Å². The van der Waals surface area contributed by atoms with Crippen LogP contribution in [0.15, 0.2) is 94.9 Å². The van der Waals surface area contributed by atoms with Gasteiger partial charge in [-0.2, -0.15) is 5.10 Å². The maximum absolute atomic E-state index is 12.7. The second-order valence-electron chi connectivity index (χ2n) is 8.46. The summed E-state index contributed by atoms with van der Waals surface area (Å²) in [7, 11) is 0. The first kappa shape index (κ1) is 24.0. The first-order valence-electron chi connectivity index (χ1n) is 11.5. The van der Waals surface area contributed by atoms with Gasteiger partial charge in [-0.15, -0.1) is 0 Å². The number of carbonyl (C=O) groups excluding carboxylic acids is 1. The van der Waals surface area contributed by atoms with Crippen molar-refractivity contribution in [3.63, 3.8) is 0 Å². The molecule has 0 saturated carbocycles. The number of hydrogen-bond donors (Lipinski definition) is 1. The molecular formula is C28H23N3O3S2. The average Bonchev–Trinajstić information content (AvgIpc) is 3.45. The van der Waals surface area contributed by atoms with Crippen LogP contribution in [0.1, 0.15) is 35.6 Å². The number of carboxylic acid groups (broad SMARTS) is 1. The van der Waals surface area contributed by atoms with Gasteiger partial charge in [-0.05, 0) is 34.9 Å². The number of hydrazone groups is 1. The number of carbonyl (C=O) groups is 2. The quantitative estimate of drug-likeness (QED) is 0.322. The summed E-state index contributed by atoms with van der Waals surface area (Å²) in [4.78, 5) is 25.4. The largest absolute Gasteiger partial charge is 0.481 e. The molecule has 2 aliphatic rings. The summed E-state index contributed by atoms with van der Waals surface area (Å²) in [6.45, 7) is 0.0772. The summed E-state index contributed by atoms with van der Waals surface area (Å²) in [5, 5.41) is 16.0. The Morgan fingerprint density at radius 3 is 2.36 bits per heavy atom. The second kappa shape index (κ2) is 10.5. The number of thiocarbonyl (C=S) groups is 1. The van der Waals surface area contributed by atoms with E-state index in [4.69, 9.17) is 22.4 Å². The van der Waals surface area contributed by atoms with Crippen molar-refractivity contribution in [3.05, 3.63) is 107 Å². The van der Waals surface area contributed by atoms with Gasteiger partial charge in [-0.3, -0.25) is 19.5 Å². The number of hydrogen-bond acceptors (Lipinski definition) is 6. The first-order chi connectivity index (χ1) is 17.5. The molecule has 2 heterocycles. The molecule has 0 bridgehead atoms. The van der Waals surface area contributed by atoms with Crippen LogP contribution >= 0.6 is 24.0 Å². The van der Waals surface area contributed by atoms with Gasteiger partial charge < -0.3 is 5.11 Å². The van der Waals surface area contributed by atoms with Crippen LogP contribution in [0.3, 0.4) is 0 Å². The van der Waals surface area contributed by atoms with Crippen molar-refractivity contribution in [2.24, 2.45) is 5.10 Å². The minimum atomic E-state index is -0.961. The van der Waals surface area contributed by atoms with Crippen molar-refractivity contribution >= 4 is 57.7 Å². The molecule has 0 aliphatic carbocycles. The molecule has 8 heteroatoms. The number of rotatable bonds is 7. The lowest BCUT2D eigenvalue weighted by atomic mass is 9.98. The van der Waals surface area contributed by atoms with E-state index < -0.39 is 5.97 Å². The third kappa shape index (κ3) is 5.10. The molecule has 3 aromatic rings. The summed E-state index contributed by atoms with van der Waals surface area (Å²) in [5.41, 5.74) is 5.17. The Morgan fingerprint density at radius 2 is 1.69 bits per heavy atom. The topological polar surface area (TPSA) is 73.2 Å². The number of anilines is 1. The minimum absolute atomic E-state index is 0.0772. The third-order valence-corrected chi connectivity index (χ3v) is 7.46. The van der Waals surface area contributed by atoms with Crippen LogP contribution in [0.4, 0.5) is 5.69 Å². The van der Waals surface area contributed by atoms with E-state index in [-0.39, 0.29) is 24.9 Å². The number of benzene rings is 3. The van der Waals surface area contributed by atoms with E-state index in [0.29, 0.717) is 9.23 Å². The Labute approximate surface area is 218 Å². The molecule has 3 aromatic carbocycles. The van der Waals surface area contributed by atoms with Crippen molar-refractivity contribution in [2.45, 2.75) is 18.9 Å². The highest BCUT2D eigenvalue weighted by Gasteiger charge is 2.32. The highest BCUT2D eigenvalue weighted by molar-refractivity contribution is 8.26. The molecule has 36 heavy (non-hydrogen) atoms. The maximum Gasteiger partial charge on any atom is 0.305 e. The van der Waals surface area contributed by atoms with Gasteiger partial charge in [-0.1, -0.05) is 96.8 Å². The Hall–Kier alpha value is -3.75. The lowest BCUT2D eigenvalue weighted by molar-refractivity contribution is -0.137. The fourth-order valence-electron chi connectivity index (χ4n) is 4.26. The summed E-state index contributed by atoms with van der Waals surface area (Å²) < 4.78 is 0.384. The standard InChI is InChI=1S/C28H23N3O3S2/c32-26(33)15-16-30-27(34)25(36-28(30)35)17-19-11-13-22(14-12-19)31-24(21-9-5-2-6-10-21)18-23(29-31)20-7-3-1-4-8-20/h1-14,17,24H,15-16,18H2,(H,32,33)/b25-17-. The van der Waals surface area contributed by atoms with E-state index in [0.717, 1.165) is 28.9 Å². The van der Waals surface area contributed by atoms with E-state index in [9.17, 15) is 9.59 Å². The highest BCUT2D eigenvalue weighted by Crippen LogP contribution is 2.37. The van der Waals surface area contributed by atoms with Gasteiger partial charge in [0.25, 0.3) is 5.91 Å². The monoisotopic (exact) mass is 513 g/mol. The second-order valence-corrected chi connectivity index (χ2v) is 10.1. The van der Waals surface area contributed by atoms with E-state index in [1.807, 2.05) is 60.7 Å². The van der Waals surface area contributed by atoms with Crippen molar-refractivity contribution in [1.82, 2.24) is 4.90 Å². The smallest absolute Gasteiger partial charge is 0.305 e. The molecular weight excluding hydrogens is 490 g/mol. The lowest BCUT2D eigenvalue weighted by Gasteiger charge is -2.24. The van der Waals surface area contributed by atoms with E-state index in [1.165, 1.54) is 22.2 Å². The Balaban J connectivity index is 1.39. The van der Waals surface area contributed by atoms with Crippen LogP contribution in [0.25, 0.3) is 6.08 Å². The molecule has 1 saturated heterocycles. The zero-order chi connectivity index (χ0) is 25.1. The van der Waals surface area contributed by atoms with Crippen molar-refractivity contribution in [1.29, 1.82) is 0 Å². The van der Waals surface area contributed by atoms with Gasteiger partial charge >= 0.3 is 5.97 Å². The number of amides is 1.